The summed E-state index contributed by atoms with van der Waals surface area (Å²) in [6, 6.07) is 15.0. The molecule has 0 saturated heterocycles. The van der Waals surface area contributed by atoms with Gasteiger partial charge in [-0.15, -0.1) is 11.3 Å². The number of rotatable bonds is 4. The summed E-state index contributed by atoms with van der Waals surface area (Å²) >= 11 is 4.59. The van der Waals surface area contributed by atoms with Crippen molar-refractivity contribution in [2.75, 3.05) is 10.6 Å². The van der Waals surface area contributed by atoms with E-state index < -0.39 is 5.91 Å². The first-order valence-electron chi connectivity index (χ1n) is 7.28. The van der Waals surface area contributed by atoms with Crippen molar-refractivity contribution in [2.45, 2.75) is 0 Å². The lowest BCUT2D eigenvalue weighted by atomic mass is 10.2. The smallest absolute Gasteiger partial charge is 0.265 e. The van der Waals surface area contributed by atoms with E-state index in [1.54, 1.807) is 36.4 Å². The van der Waals surface area contributed by atoms with Crippen molar-refractivity contribution in [2.24, 2.45) is 0 Å². The standard InChI is InChI=1S/C18H13BrN2O3S/c19-11-3-8-14(15(22)10-11)17(23)20-12-4-6-13(7-5-12)21-18(24)16-2-1-9-25-16/h1-10,22H,(H,20,23)(H,21,24). The quantitative estimate of drug-likeness (QED) is 0.575. The van der Waals surface area contributed by atoms with Crippen LogP contribution in [-0.2, 0) is 0 Å². The molecule has 5 nitrogen and oxygen atoms in total. The van der Waals surface area contributed by atoms with Crippen LogP contribution in [0, 0.1) is 0 Å². The molecule has 0 fully saturated rings. The van der Waals surface area contributed by atoms with Gasteiger partial charge in [0.2, 0.25) is 0 Å². The average Bonchev–Trinajstić information content (AvgIpc) is 3.11. The number of thiophene rings is 1. The number of halogens is 1. The van der Waals surface area contributed by atoms with E-state index in [2.05, 4.69) is 26.6 Å². The summed E-state index contributed by atoms with van der Waals surface area (Å²) in [6.07, 6.45) is 0. The lowest BCUT2D eigenvalue weighted by Crippen LogP contribution is -2.12. The minimum Gasteiger partial charge on any atom is -0.507 e. The number of aromatic hydroxyl groups is 1. The molecule has 0 aliphatic carbocycles. The highest BCUT2D eigenvalue weighted by Crippen LogP contribution is 2.24. The van der Waals surface area contributed by atoms with Crippen LogP contribution in [0.4, 0.5) is 11.4 Å². The monoisotopic (exact) mass is 416 g/mol. The predicted octanol–water partition coefficient (Wildman–Crippen LogP) is 4.72. The van der Waals surface area contributed by atoms with Crippen molar-refractivity contribution in [3.05, 3.63) is 74.9 Å². The number of carbonyl (C=O) groups is 2. The molecular formula is C18H13BrN2O3S. The lowest BCUT2D eigenvalue weighted by Gasteiger charge is -2.09. The van der Waals surface area contributed by atoms with Crippen molar-refractivity contribution in [1.82, 2.24) is 0 Å². The molecule has 0 radical (unpaired) electrons. The Bertz CT molecular complexity index is 909. The summed E-state index contributed by atoms with van der Waals surface area (Å²) in [7, 11) is 0. The van der Waals surface area contributed by atoms with Gasteiger partial charge in [-0.1, -0.05) is 22.0 Å². The van der Waals surface area contributed by atoms with E-state index in [9.17, 15) is 14.7 Å². The Morgan fingerprint density at radius 3 is 2.12 bits per heavy atom. The topological polar surface area (TPSA) is 78.4 Å². The van der Waals surface area contributed by atoms with E-state index >= 15 is 0 Å². The van der Waals surface area contributed by atoms with Gasteiger partial charge in [0.05, 0.1) is 10.4 Å². The van der Waals surface area contributed by atoms with Crippen LogP contribution in [-0.4, -0.2) is 16.9 Å². The molecule has 0 unspecified atom stereocenters. The van der Waals surface area contributed by atoms with Gasteiger partial charge in [0, 0.05) is 15.8 Å². The largest absolute Gasteiger partial charge is 0.507 e. The third-order valence-corrected chi connectivity index (χ3v) is 4.71. The Hall–Kier alpha value is -2.64. The first-order valence-corrected chi connectivity index (χ1v) is 8.95. The van der Waals surface area contributed by atoms with E-state index in [4.69, 9.17) is 0 Å². The molecule has 126 valence electrons. The number of phenols is 1. The highest BCUT2D eigenvalue weighted by molar-refractivity contribution is 9.10. The first kappa shape index (κ1) is 17.2. The molecule has 0 spiro atoms. The maximum atomic E-state index is 12.2. The van der Waals surface area contributed by atoms with Crippen LogP contribution in [0.2, 0.25) is 0 Å². The fourth-order valence-electron chi connectivity index (χ4n) is 2.13. The molecule has 3 rings (SSSR count). The molecule has 1 aromatic heterocycles. The van der Waals surface area contributed by atoms with Gasteiger partial charge in [0.15, 0.2) is 0 Å². The fraction of sp³-hybridized carbons (Fsp3) is 0. The maximum Gasteiger partial charge on any atom is 0.265 e. The lowest BCUT2D eigenvalue weighted by molar-refractivity contribution is 0.101. The zero-order valence-corrected chi connectivity index (χ0v) is 15.2. The molecule has 3 aromatic rings. The fourth-order valence-corrected chi connectivity index (χ4v) is 3.10. The Morgan fingerprint density at radius 1 is 0.920 bits per heavy atom. The van der Waals surface area contributed by atoms with Crippen molar-refractivity contribution in [3.8, 4) is 5.75 Å². The highest BCUT2D eigenvalue weighted by atomic mass is 79.9. The molecule has 2 aromatic carbocycles. The number of benzene rings is 2. The van der Waals surface area contributed by atoms with Crippen LogP contribution in [0.15, 0.2) is 64.5 Å². The summed E-state index contributed by atoms with van der Waals surface area (Å²) in [4.78, 5) is 24.8. The summed E-state index contributed by atoms with van der Waals surface area (Å²) in [5.74, 6) is -0.696. The normalized spacial score (nSPS) is 10.3. The molecule has 0 bridgehead atoms. The number of hydrogen-bond donors (Lipinski definition) is 3. The predicted molar refractivity (Wildman–Crippen MR) is 102 cm³/mol. The number of nitrogens with one attached hydrogen (secondary N) is 2. The minimum atomic E-state index is -0.416. The number of hydrogen-bond acceptors (Lipinski definition) is 4. The van der Waals surface area contributed by atoms with Crippen molar-refractivity contribution < 1.29 is 14.7 Å². The van der Waals surface area contributed by atoms with E-state index in [-0.39, 0.29) is 17.2 Å². The Kier molecular flexibility index (Phi) is 5.16. The van der Waals surface area contributed by atoms with Gasteiger partial charge in [-0.25, -0.2) is 0 Å². The minimum absolute atomic E-state index is 0.105. The molecule has 0 aliphatic heterocycles. The second kappa shape index (κ2) is 7.50. The third-order valence-electron chi connectivity index (χ3n) is 3.35. The second-order valence-corrected chi connectivity index (χ2v) is 6.99. The molecule has 0 aliphatic rings. The highest BCUT2D eigenvalue weighted by Gasteiger charge is 2.12. The molecule has 25 heavy (non-hydrogen) atoms. The van der Waals surface area contributed by atoms with Crippen LogP contribution >= 0.6 is 27.3 Å². The number of anilines is 2. The number of carbonyl (C=O) groups excluding carboxylic acids is 2. The zero-order chi connectivity index (χ0) is 17.8. The molecule has 3 N–H and O–H groups in total. The van der Waals surface area contributed by atoms with Crippen molar-refractivity contribution >= 4 is 50.5 Å². The van der Waals surface area contributed by atoms with Gasteiger partial charge >= 0.3 is 0 Å². The van der Waals surface area contributed by atoms with Crippen LogP contribution in [0.3, 0.4) is 0 Å². The summed E-state index contributed by atoms with van der Waals surface area (Å²) < 4.78 is 0.687. The average molecular weight is 417 g/mol. The Labute approximate surface area is 156 Å². The molecule has 7 heteroatoms. The molecule has 1 heterocycles. The Morgan fingerprint density at radius 2 is 1.56 bits per heavy atom. The number of amides is 2. The zero-order valence-electron chi connectivity index (χ0n) is 12.8. The Balaban J connectivity index is 1.66. The molecule has 2 amide bonds. The van der Waals surface area contributed by atoms with Crippen LogP contribution < -0.4 is 10.6 Å². The summed E-state index contributed by atoms with van der Waals surface area (Å²) in [5, 5.41) is 17.2. The van der Waals surface area contributed by atoms with Crippen LogP contribution in [0.1, 0.15) is 20.0 Å². The van der Waals surface area contributed by atoms with Gasteiger partial charge in [-0.3, -0.25) is 9.59 Å². The molecule has 0 saturated carbocycles. The van der Waals surface area contributed by atoms with Gasteiger partial charge in [0.25, 0.3) is 11.8 Å². The molecular weight excluding hydrogens is 404 g/mol. The third kappa shape index (κ3) is 4.26. The summed E-state index contributed by atoms with van der Waals surface area (Å²) in [5.41, 5.74) is 1.36. The van der Waals surface area contributed by atoms with Crippen molar-refractivity contribution in [1.29, 1.82) is 0 Å². The second-order valence-electron chi connectivity index (χ2n) is 5.12. The van der Waals surface area contributed by atoms with Gasteiger partial charge in [-0.05, 0) is 53.9 Å². The SMILES string of the molecule is O=C(Nc1ccc(NC(=O)c2ccc(Br)cc2O)cc1)c1cccs1. The summed E-state index contributed by atoms with van der Waals surface area (Å²) in [6.45, 7) is 0. The van der Waals surface area contributed by atoms with Gasteiger partial charge < -0.3 is 15.7 Å². The van der Waals surface area contributed by atoms with Crippen LogP contribution in [0.25, 0.3) is 0 Å². The van der Waals surface area contributed by atoms with Gasteiger partial charge in [0.1, 0.15) is 5.75 Å². The van der Waals surface area contributed by atoms with E-state index in [0.717, 1.165) is 0 Å². The van der Waals surface area contributed by atoms with Gasteiger partial charge in [-0.2, -0.15) is 0 Å². The van der Waals surface area contributed by atoms with E-state index in [1.807, 2.05) is 11.4 Å². The maximum absolute atomic E-state index is 12.2. The van der Waals surface area contributed by atoms with E-state index in [1.165, 1.54) is 23.5 Å². The first-order chi connectivity index (χ1) is 12.0. The van der Waals surface area contributed by atoms with Crippen LogP contribution in [0.5, 0.6) is 5.75 Å². The van der Waals surface area contributed by atoms with Crippen molar-refractivity contribution in [3.63, 3.8) is 0 Å². The van der Waals surface area contributed by atoms with E-state index in [0.29, 0.717) is 20.7 Å². The number of phenolic OH excluding ortho intramolecular Hbond substituents is 1. The molecule has 0 atom stereocenters.